The molecular weight excluding hydrogens is 312 g/mol. The Morgan fingerprint density at radius 1 is 1.29 bits per heavy atom. The maximum Gasteiger partial charge on any atom is 0.152 e. The number of rotatable bonds is 1. The van der Waals surface area contributed by atoms with E-state index in [4.69, 9.17) is 0 Å². The normalized spacial score (nSPS) is 25.3. The molecule has 1 aromatic heterocycles. The third-order valence-corrected chi connectivity index (χ3v) is 2.96. The lowest BCUT2D eigenvalue weighted by Gasteiger charge is -2.20. The standard InChI is InChI=1S/C8H6Br2N4/c9-6-1-13-7(14-2-6)8(10)3-11-5-12-4-8/h1-3,5H,4H2. The van der Waals surface area contributed by atoms with E-state index in [1.165, 1.54) is 6.34 Å². The van der Waals surface area contributed by atoms with Crippen LogP contribution in [-0.4, -0.2) is 29.1 Å². The van der Waals surface area contributed by atoms with Crippen LogP contribution in [0, 0.1) is 0 Å². The fourth-order valence-corrected chi connectivity index (χ4v) is 1.74. The van der Waals surface area contributed by atoms with Crippen molar-refractivity contribution in [1.29, 1.82) is 0 Å². The van der Waals surface area contributed by atoms with Crippen molar-refractivity contribution in [2.45, 2.75) is 4.32 Å². The number of nitrogens with zero attached hydrogens (tertiary/aromatic N) is 4. The highest BCUT2D eigenvalue weighted by Crippen LogP contribution is 2.28. The van der Waals surface area contributed by atoms with Crippen LogP contribution in [0.15, 0.2) is 26.9 Å². The minimum atomic E-state index is -0.456. The van der Waals surface area contributed by atoms with Gasteiger partial charge in [0.2, 0.25) is 0 Å². The molecule has 1 aliphatic rings. The molecule has 14 heavy (non-hydrogen) atoms. The quantitative estimate of drug-likeness (QED) is 0.743. The van der Waals surface area contributed by atoms with E-state index in [-0.39, 0.29) is 0 Å². The SMILES string of the molecule is Brc1cnc(C2(Br)C=NC=NC2)nc1. The average molecular weight is 318 g/mol. The van der Waals surface area contributed by atoms with E-state index in [9.17, 15) is 0 Å². The molecule has 0 fully saturated rings. The van der Waals surface area contributed by atoms with Gasteiger partial charge in [0.15, 0.2) is 5.82 Å². The topological polar surface area (TPSA) is 50.5 Å². The summed E-state index contributed by atoms with van der Waals surface area (Å²) in [5.41, 5.74) is 0. The van der Waals surface area contributed by atoms with Crippen molar-refractivity contribution in [2.75, 3.05) is 6.54 Å². The van der Waals surface area contributed by atoms with E-state index in [2.05, 4.69) is 51.8 Å². The Hall–Kier alpha value is -0.620. The average Bonchev–Trinajstić information content (AvgIpc) is 2.19. The van der Waals surface area contributed by atoms with Crippen LogP contribution in [0.1, 0.15) is 5.82 Å². The second-order valence-corrected chi connectivity index (χ2v) is 5.15. The van der Waals surface area contributed by atoms with E-state index >= 15 is 0 Å². The fourth-order valence-electron chi connectivity index (χ4n) is 1.07. The highest BCUT2D eigenvalue weighted by atomic mass is 79.9. The first-order valence-electron chi connectivity index (χ1n) is 3.90. The number of aliphatic imine (C=N–C) groups is 2. The lowest BCUT2D eigenvalue weighted by Crippen LogP contribution is -2.28. The van der Waals surface area contributed by atoms with Crippen LogP contribution >= 0.6 is 31.9 Å². The third kappa shape index (κ3) is 1.90. The number of hydrogen-bond donors (Lipinski definition) is 0. The fraction of sp³-hybridized carbons (Fsp3) is 0.250. The molecule has 0 bridgehead atoms. The zero-order chi connectivity index (χ0) is 10.0. The van der Waals surface area contributed by atoms with Gasteiger partial charge in [0.05, 0.1) is 11.0 Å². The maximum absolute atomic E-state index is 4.20. The van der Waals surface area contributed by atoms with Crippen LogP contribution in [0.2, 0.25) is 0 Å². The second-order valence-electron chi connectivity index (χ2n) is 2.82. The van der Waals surface area contributed by atoms with Crippen LogP contribution in [0.4, 0.5) is 0 Å². The molecule has 1 aromatic rings. The smallest absolute Gasteiger partial charge is 0.152 e. The van der Waals surface area contributed by atoms with E-state index in [0.29, 0.717) is 12.4 Å². The molecule has 1 aliphatic heterocycles. The summed E-state index contributed by atoms with van der Waals surface area (Å²) in [7, 11) is 0. The summed E-state index contributed by atoms with van der Waals surface area (Å²) in [6.07, 6.45) is 6.69. The minimum Gasteiger partial charge on any atom is -0.271 e. The van der Waals surface area contributed by atoms with Crippen LogP contribution in [0.25, 0.3) is 0 Å². The summed E-state index contributed by atoms with van der Waals surface area (Å²) in [4.78, 5) is 16.4. The zero-order valence-electron chi connectivity index (χ0n) is 7.06. The molecule has 0 N–H and O–H groups in total. The van der Waals surface area contributed by atoms with Crippen LogP contribution < -0.4 is 0 Å². The summed E-state index contributed by atoms with van der Waals surface area (Å²) >= 11 is 6.81. The Bertz CT molecular complexity index is 387. The van der Waals surface area contributed by atoms with Crippen LogP contribution in [0.3, 0.4) is 0 Å². The van der Waals surface area contributed by atoms with Gasteiger partial charge in [0.1, 0.15) is 10.7 Å². The lowest BCUT2D eigenvalue weighted by atomic mass is 10.1. The molecule has 0 amide bonds. The predicted molar refractivity (Wildman–Crippen MR) is 62.2 cm³/mol. The zero-order valence-corrected chi connectivity index (χ0v) is 10.2. The van der Waals surface area contributed by atoms with Crippen molar-refractivity contribution in [3.8, 4) is 0 Å². The molecule has 0 aromatic carbocycles. The van der Waals surface area contributed by atoms with Gasteiger partial charge in [-0.3, -0.25) is 4.99 Å². The van der Waals surface area contributed by atoms with Gasteiger partial charge in [-0.1, -0.05) is 15.9 Å². The highest BCUT2D eigenvalue weighted by Gasteiger charge is 2.31. The van der Waals surface area contributed by atoms with Crippen LogP contribution in [-0.2, 0) is 4.32 Å². The van der Waals surface area contributed by atoms with E-state index < -0.39 is 4.32 Å². The molecule has 0 radical (unpaired) electrons. The first-order valence-corrected chi connectivity index (χ1v) is 5.49. The summed E-state index contributed by atoms with van der Waals surface area (Å²) in [5, 5.41) is 0. The van der Waals surface area contributed by atoms with Gasteiger partial charge in [-0.25, -0.2) is 15.0 Å². The molecule has 1 unspecified atom stereocenters. The summed E-state index contributed by atoms with van der Waals surface area (Å²) in [6, 6.07) is 0. The monoisotopic (exact) mass is 316 g/mol. The van der Waals surface area contributed by atoms with Gasteiger partial charge < -0.3 is 0 Å². The van der Waals surface area contributed by atoms with Gasteiger partial charge in [0, 0.05) is 18.6 Å². The molecule has 4 nitrogen and oxygen atoms in total. The Morgan fingerprint density at radius 2 is 2.00 bits per heavy atom. The number of halogens is 2. The van der Waals surface area contributed by atoms with Gasteiger partial charge in [0.25, 0.3) is 0 Å². The molecule has 2 rings (SSSR count). The number of aromatic nitrogens is 2. The molecule has 0 saturated heterocycles. The first kappa shape index (κ1) is 9.92. The number of hydrogen-bond acceptors (Lipinski definition) is 4. The van der Waals surface area contributed by atoms with E-state index in [1.54, 1.807) is 18.6 Å². The van der Waals surface area contributed by atoms with Gasteiger partial charge in [-0.2, -0.15) is 0 Å². The largest absolute Gasteiger partial charge is 0.271 e. The van der Waals surface area contributed by atoms with Crippen molar-refractivity contribution < 1.29 is 0 Å². The molecule has 0 saturated carbocycles. The Kier molecular flexibility index (Phi) is 2.73. The predicted octanol–water partition coefficient (Wildman–Crippen LogP) is 1.94. The molecule has 2 heterocycles. The lowest BCUT2D eigenvalue weighted by molar-refractivity contribution is 0.769. The van der Waals surface area contributed by atoms with E-state index in [0.717, 1.165) is 4.47 Å². The molecule has 6 heteroatoms. The van der Waals surface area contributed by atoms with Gasteiger partial charge >= 0.3 is 0 Å². The summed E-state index contributed by atoms with van der Waals surface area (Å²) in [6.45, 7) is 0.568. The molecule has 72 valence electrons. The summed E-state index contributed by atoms with van der Waals surface area (Å²) < 4.78 is 0.399. The van der Waals surface area contributed by atoms with Crippen molar-refractivity contribution >= 4 is 44.4 Å². The Morgan fingerprint density at radius 3 is 2.57 bits per heavy atom. The van der Waals surface area contributed by atoms with E-state index in [1.807, 2.05) is 0 Å². The van der Waals surface area contributed by atoms with Crippen molar-refractivity contribution in [2.24, 2.45) is 9.98 Å². The molecule has 0 spiro atoms. The molecular formula is C8H6Br2N4. The number of alkyl halides is 1. The highest BCUT2D eigenvalue weighted by molar-refractivity contribution is 9.10. The van der Waals surface area contributed by atoms with Crippen molar-refractivity contribution in [1.82, 2.24) is 9.97 Å². The van der Waals surface area contributed by atoms with Crippen molar-refractivity contribution in [3.63, 3.8) is 0 Å². The summed E-state index contributed by atoms with van der Waals surface area (Å²) in [5.74, 6) is 0.668. The van der Waals surface area contributed by atoms with Crippen LogP contribution in [0.5, 0.6) is 0 Å². The second kappa shape index (κ2) is 3.86. The van der Waals surface area contributed by atoms with Gasteiger partial charge in [-0.15, -0.1) is 0 Å². The minimum absolute atomic E-state index is 0.456. The Balaban J connectivity index is 2.34. The molecule has 1 atom stereocenters. The third-order valence-electron chi connectivity index (χ3n) is 1.74. The Labute approximate surface area is 97.9 Å². The van der Waals surface area contributed by atoms with Gasteiger partial charge in [-0.05, 0) is 15.9 Å². The molecule has 0 aliphatic carbocycles. The maximum atomic E-state index is 4.20. The van der Waals surface area contributed by atoms with Crippen molar-refractivity contribution in [3.05, 3.63) is 22.7 Å². The first-order chi connectivity index (χ1) is 6.71.